The van der Waals surface area contributed by atoms with E-state index < -0.39 is 10.0 Å². The number of hydrogen-bond donors (Lipinski definition) is 2. The van der Waals surface area contributed by atoms with E-state index in [4.69, 9.17) is 4.42 Å². The van der Waals surface area contributed by atoms with Gasteiger partial charge < -0.3 is 15.1 Å². The molecule has 0 aromatic carbocycles. The second-order valence-corrected chi connectivity index (χ2v) is 8.95. The fourth-order valence-electron chi connectivity index (χ4n) is 3.69. The first-order valence-corrected chi connectivity index (χ1v) is 10.4. The van der Waals surface area contributed by atoms with E-state index in [9.17, 15) is 13.2 Å². The Labute approximate surface area is 161 Å². The number of nitrogens with one attached hydrogen (secondary N) is 2. The van der Waals surface area contributed by atoms with E-state index in [1.54, 1.807) is 19.9 Å². The molecule has 2 fully saturated rings. The van der Waals surface area contributed by atoms with E-state index in [1.165, 1.54) is 4.31 Å². The van der Waals surface area contributed by atoms with E-state index in [0.29, 0.717) is 31.2 Å². The molecule has 2 saturated heterocycles. The van der Waals surface area contributed by atoms with Gasteiger partial charge in [-0.2, -0.15) is 4.31 Å². The number of rotatable bonds is 5. The van der Waals surface area contributed by atoms with Crippen molar-refractivity contribution in [1.82, 2.24) is 14.9 Å². The lowest BCUT2D eigenvalue weighted by atomic mass is 9.99. The zero-order valence-corrected chi connectivity index (χ0v) is 16.9. The van der Waals surface area contributed by atoms with Gasteiger partial charge in [0.1, 0.15) is 16.4 Å². The third-order valence-corrected chi connectivity index (χ3v) is 7.01. The lowest BCUT2D eigenvalue weighted by Crippen LogP contribution is -2.46. The Balaban J connectivity index is 0.00000243. The molecule has 26 heavy (non-hydrogen) atoms. The lowest BCUT2D eigenvalue weighted by Gasteiger charge is -2.32. The molecule has 9 heteroatoms. The number of nitrogens with zero attached hydrogens (tertiary/aromatic N) is 1. The highest BCUT2D eigenvalue weighted by Gasteiger charge is 2.33. The first-order valence-electron chi connectivity index (χ1n) is 8.96. The molecule has 2 aliphatic rings. The van der Waals surface area contributed by atoms with Crippen LogP contribution >= 0.6 is 12.4 Å². The molecule has 2 unspecified atom stereocenters. The van der Waals surface area contributed by atoms with Crippen molar-refractivity contribution in [2.24, 2.45) is 5.92 Å². The molecule has 2 aliphatic heterocycles. The zero-order chi connectivity index (χ0) is 18.0. The number of amides is 1. The maximum Gasteiger partial charge on any atom is 0.246 e. The molecule has 148 valence electrons. The smallest absolute Gasteiger partial charge is 0.246 e. The van der Waals surface area contributed by atoms with Crippen molar-refractivity contribution in [2.75, 3.05) is 26.2 Å². The van der Waals surface area contributed by atoms with Crippen molar-refractivity contribution in [1.29, 1.82) is 0 Å². The molecule has 3 heterocycles. The third-order valence-electron chi connectivity index (χ3n) is 5.04. The zero-order valence-electron chi connectivity index (χ0n) is 15.3. The summed E-state index contributed by atoms with van der Waals surface area (Å²) in [6.07, 6.45) is 3.62. The molecule has 1 aromatic heterocycles. The summed E-state index contributed by atoms with van der Waals surface area (Å²) in [6, 6.07) is 1.49. The van der Waals surface area contributed by atoms with Crippen molar-refractivity contribution >= 4 is 28.3 Å². The van der Waals surface area contributed by atoms with Gasteiger partial charge in [0.05, 0.1) is 6.04 Å². The number of hydrogen-bond acceptors (Lipinski definition) is 5. The summed E-state index contributed by atoms with van der Waals surface area (Å²) in [7, 11) is -3.54. The van der Waals surface area contributed by atoms with Crippen LogP contribution in [-0.4, -0.2) is 50.9 Å². The van der Waals surface area contributed by atoms with Gasteiger partial charge in [-0.3, -0.25) is 4.79 Å². The van der Waals surface area contributed by atoms with Crippen LogP contribution in [0.15, 0.2) is 15.4 Å². The van der Waals surface area contributed by atoms with E-state index in [-0.39, 0.29) is 35.2 Å². The summed E-state index contributed by atoms with van der Waals surface area (Å²) >= 11 is 0. The minimum absolute atomic E-state index is 0. The quantitative estimate of drug-likeness (QED) is 0.776. The number of sulfonamides is 1. The van der Waals surface area contributed by atoms with Gasteiger partial charge >= 0.3 is 0 Å². The second kappa shape index (κ2) is 8.73. The Morgan fingerprint density at radius 3 is 2.73 bits per heavy atom. The number of aryl methyl sites for hydroxylation is 2. The number of furan rings is 1. The van der Waals surface area contributed by atoms with E-state index in [2.05, 4.69) is 10.6 Å². The minimum Gasteiger partial charge on any atom is -0.465 e. The van der Waals surface area contributed by atoms with Gasteiger partial charge in [-0.05, 0) is 58.1 Å². The largest absolute Gasteiger partial charge is 0.465 e. The fourth-order valence-corrected chi connectivity index (χ4v) is 5.47. The predicted molar refractivity (Wildman–Crippen MR) is 101 cm³/mol. The predicted octanol–water partition coefficient (Wildman–Crippen LogP) is 1.59. The molecule has 0 spiro atoms. The van der Waals surface area contributed by atoms with Crippen LogP contribution < -0.4 is 10.6 Å². The van der Waals surface area contributed by atoms with Crippen molar-refractivity contribution in [3.05, 3.63) is 17.6 Å². The molecule has 3 rings (SSSR count). The monoisotopic (exact) mass is 405 g/mol. The Kier molecular flexibility index (Phi) is 7.12. The number of carbonyl (C=O) groups is 1. The topological polar surface area (TPSA) is 91.7 Å². The maximum absolute atomic E-state index is 12.9. The van der Waals surface area contributed by atoms with Gasteiger partial charge in [0.25, 0.3) is 0 Å². The summed E-state index contributed by atoms with van der Waals surface area (Å²) in [4.78, 5) is 12.4. The van der Waals surface area contributed by atoms with Gasteiger partial charge in [0.2, 0.25) is 15.9 Å². The fraction of sp³-hybridized carbons (Fsp3) is 0.706. The van der Waals surface area contributed by atoms with Crippen molar-refractivity contribution in [3.8, 4) is 0 Å². The van der Waals surface area contributed by atoms with Crippen LogP contribution in [0.1, 0.15) is 37.2 Å². The average Bonchev–Trinajstić information content (AvgIpc) is 3.22. The van der Waals surface area contributed by atoms with Crippen LogP contribution in [0.4, 0.5) is 0 Å². The highest BCUT2D eigenvalue weighted by molar-refractivity contribution is 7.89. The minimum atomic E-state index is -3.54. The van der Waals surface area contributed by atoms with E-state index in [0.717, 1.165) is 32.2 Å². The molecule has 0 bridgehead atoms. The Hall–Kier alpha value is -1.09. The summed E-state index contributed by atoms with van der Waals surface area (Å²) < 4.78 is 32.7. The lowest BCUT2D eigenvalue weighted by molar-refractivity contribution is -0.123. The Morgan fingerprint density at radius 1 is 1.35 bits per heavy atom. The van der Waals surface area contributed by atoms with Gasteiger partial charge in [-0.25, -0.2) is 8.42 Å². The van der Waals surface area contributed by atoms with Crippen LogP contribution in [-0.2, 0) is 14.8 Å². The van der Waals surface area contributed by atoms with Gasteiger partial charge in [-0.15, -0.1) is 12.4 Å². The standard InChI is InChI=1S/C17H27N3O4S.ClH/c1-12-9-16(13(2)24-12)25(22,23)20-8-4-5-14(11-20)10-19-17(21)15-6-3-7-18-15;/h9,14-15,18H,3-8,10-11H2,1-2H3,(H,19,21);1H. The SMILES string of the molecule is Cc1cc(S(=O)(=O)N2CCCC(CNC(=O)C3CCCN3)C2)c(C)o1.Cl. The molecule has 7 nitrogen and oxygen atoms in total. The van der Waals surface area contributed by atoms with Gasteiger partial charge in [-0.1, -0.05) is 0 Å². The Morgan fingerprint density at radius 2 is 2.12 bits per heavy atom. The van der Waals surface area contributed by atoms with Gasteiger partial charge in [0.15, 0.2) is 0 Å². The first kappa shape index (κ1) is 21.2. The summed E-state index contributed by atoms with van der Waals surface area (Å²) in [5, 5.41) is 6.16. The molecular weight excluding hydrogens is 378 g/mol. The van der Waals surface area contributed by atoms with Crippen molar-refractivity contribution < 1.29 is 17.6 Å². The summed E-state index contributed by atoms with van der Waals surface area (Å²) in [6.45, 7) is 5.78. The first-order chi connectivity index (χ1) is 11.9. The molecular formula is C17H28ClN3O4S. The number of carbonyl (C=O) groups excluding carboxylic acids is 1. The molecule has 1 aromatic rings. The molecule has 2 atom stereocenters. The van der Waals surface area contributed by atoms with Gasteiger partial charge in [0, 0.05) is 19.6 Å². The normalized spacial score (nSPS) is 24.2. The summed E-state index contributed by atoms with van der Waals surface area (Å²) in [5.74, 6) is 1.20. The van der Waals surface area contributed by atoms with E-state index in [1.807, 2.05) is 0 Å². The number of piperidine rings is 1. The second-order valence-electron chi connectivity index (χ2n) is 7.04. The molecule has 1 amide bonds. The maximum atomic E-state index is 12.9. The molecule has 0 radical (unpaired) electrons. The van der Waals surface area contributed by atoms with E-state index >= 15 is 0 Å². The summed E-state index contributed by atoms with van der Waals surface area (Å²) in [5.41, 5.74) is 0. The highest BCUT2D eigenvalue weighted by Crippen LogP contribution is 2.27. The third kappa shape index (κ3) is 4.60. The van der Waals surface area contributed by atoms with Crippen LogP contribution in [0, 0.1) is 19.8 Å². The number of halogens is 1. The van der Waals surface area contributed by atoms with Crippen molar-refractivity contribution in [2.45, 2.75) is 50.5 Å². The average molecular weight is 406 g/mol. The molecule has 0 aliphatic carbocycles. The van der Waals surface area contributed by atoms with Crippen LogP contribution in [0.3, 0.4) is 0 Å². The van der Waals surface area contributed by atoms with Crippen LogP contribution in [0.5, 0.6) is 0 Å². The Bertz CT molecular complexity index is 728. The molecule has 2 N–H and O–H groups in total. The van der Waals surface area contributed by atoms with Crippen LogP contribution in [0.2, 0.25) is 0 Å². The molecule has 0 saturated carbocycles. The highest BCUT2D eigenvalue weighted by atomic mass is 35.5. The van der Waals surface area contributed by atoms with Crippen molar-refractivity contribution in [3.63, 3.8) is 0 Å². The van der Waals surface area contributed by atoms with Crippen LogP contribution in [0.25, 0.3) is 0 Å².